The number of alkyl halides is 3. The Morgan fingerprint density at radius 2 is 2.06 bits per heavy atom. The SMILES string of the molecule is C=C(NCCc1cccc(N)c1C)C(F)(F)F. The average molecular weight is 244 g/mol. The van der Waals surface area contributed by atoms with Gasteiger partial charge in [-0.25, -0.2) is 0 Å². The molecule has 5 heteroatoms. The second-order valence-electron chi connectivity index (χ2n) is 3.78. The molecule has 17 heavy (non-hydrogen) atoms. The van der Waals surface area contributed by atoms with Gasteiger partial charge in [0.15, 0.2) is 0 Å². The van der Waals surface area contributed by atoms with Crippen molar-refractivity contribution in [2.75, 3.05) is 12.3 Å². The zero-order valence-electron chi connectivity index (χ0n) is 9.56. The van der Waals surface area contributed by atoms with Gasteiger partial charge in [-0.2, -0.15) is 13.2 Å². The lowest BCUT2D eigenvalue weighted by molar-refractivity contribution is -0.0962. The predicted molar refractivity (Wildman–Crippen MR) is 62.5 cm³/mol. The van der Waals surface area contributed by atoms with Gasteiger partial charge in [-0.05, 0) is 30.5 Å². The molecular weight excluding hydrogens is 229 g/mol. The molecule has 0 aliphatic carbocycles. The molecule has 2 nitrogen and oxygen atoms in total. The Kier molecular flexibility index (Phi) is 4.04. The van der Waals surface area contributed by atoms with Crippen LogP contribution in [-0.4, -0.2) is 12.7 Å². The van der Waals surface area contributed by atoms with Gasteiger partial charge in [0.25, 0.3) is 0 Å². The minimum Gasteiger partial charge on any atom is -0.399 e. The molecule has 0 fully saturated rings. The van der Waals surface area contributed by atoms with Crippen LogP contribution < -0.4 is 11.1 Å². The van der Waals surface area contributed by atoms with E-state index in [1.165, 1.54) is 0 Å². The quantitative estimate of drug-likeness (QED) is 0.799. The van der Waals surface area contributed by atoms with Crippen molar-refractivity contribution in [1.29, 1.82) is 0 Å². The number of nitrogen functional groups attached to an aromatic ring is 1. The summed E-state index contributed by atoms with van der Waals surface area (Å²) < 4.78 is 36.4. The minimum atomic E-state index is -4.38. The smallest absolute Gasteiger partial charge is 0.399 e. The highest BCUT2D eigenvalue weighted by molar-refractivity contribution is 5.50. The molecule has 0 aliphatic heterocycles. The molecule has 0 heterocycles. The lowest BCUT2D eigenvalue weighted by atomic mass is 10.0. The van der Waals surface area contributed by atoms with Gasteiger partial charge in [-0.1, -0.05) is 18.7 Å². The predicted octanol–water partition coefficient (Wildman–Crippen LogP) is 2.79. The molecular formula is C12H15F3N2. The molecule has 3 N–H and O–H groups in total. The Balaban J connectivity index is 2.52. The van der Waals surface area contributed by atoms with Gasteiger partial charge in [0.2, 0.25) is 0 Å². The molecule has 94 valence electrons. The van der Waals surface area contributed by atoms with Crippen LogP contribution in [0.1, 0.15) is 11.1 Å². The van der Waals surface area contributed by atoms with Crippen LogP contribution in [0, 0.1) is 6.92 Å². The van der Waals surface area contributed by atoms with Gasteiger partial charge in [0, 0.05) is 12.2 Å². The zero-order valence-corrected chi connectivity index (χ0v) is 9.56. The van der Waals surface area contributed by atoms with E-state index in [0.717, 1.165) is 11.1 Å². The van der Waals surface area contributed by atoms with Crippen molar-refractivity contribution >= 4 is 5.69 Å². The highest BCUT2D eigenvalue weighted by Crippen LogP contribution is 2.21. The second-order valence-corrected chi connectivity index (χ2v) is 3.78. The molecule has 0 amide bonds. The fraction of sp³-hybridized carbons (Fsp3) is 0.333. The first-order valence-corrected chi connectivity index (χ1v) is 5.16. The normalized spacial score (nSPS) is 11.3. The first kappa shape index (κ1) is 13.4. The number of nitrogens with two attached hydrogens (primary N) is 1. The largest absolute Gasteiger partial charge is 0.430 e. The van der Waals surface area contributed by atoms with Crippen molar-refractivity contribution in [1.82, 2.24) is 5.32 Å². The van der Waals surface area contributed by atoms with E-state index in [0.29, 0.717) is 12.1 Å². The third-order valence-electron chi connectivity index (χ3n) is 2.56. The van der Waals surface area contributed by atoms with Gasteiger partial charge in [0.1, 0.15) is 5.70 Å². The molecule has 0 atom stereocenters. The van der Waals surface area contributed by atoms with E-state index < -0.39 is 11.9 Å². The summed E-state index contributed by atoms with van der Waals surface area (Å²) in [6, 6.07) is 5.40. The Morgan fingerprint density at radius 1 is 1.41 bits per heavy atom. The highest BCUT2D eigenvalue weighted by Gasteiger charge is 2.31. The molecule has 0 radical (unpaired) electrons. The number of hydrogen-bond donors (Lipinski definition) is 2. The van der Waals surface area contributed by atoms with Crippen molar-refractivity contribution < 1.29 is 13.2 Å². The summed E-state index contributed by atoms with van der Waals surface area (Å²) in [5.74, 6) is 0. The average Bonchev–Trinajstić information content (AvgIpc) is 2.22. The van der Waals surface area contributed by atoms with Gasteiger partial charge in [0.05, 0.1) is 0 Å². The van der Waals surface area contributed by atoms with Crippen molar-refractivity contribution in [3.8, 4) is 0 Å². The van der Waals surface area contributed by atoms with Crippen molar-refractivity contribution in [2.45, 2.75) is 19.5 Å². The summed E-state index contributed by atoms with van der Waals surface area (Å²) in [6.45, 7) is 4.97. The van der Waals surface area contributed by atoms with Gasteiger partial charge in [-0.3, -0.25) is 0 Å². The number of rotatable bonds is 4. The van der Waals surface area contributed by atoms with Crippen LogP contribution in [0.4, 0.5) is 18.9 Å². The Labute approximate surface area is 98.3 Å². The summed E-state index contributed by atoms with van der Waals surface area (Å²) in [7, 11) is 0. The number of allylic oxidation sites excluding steroid dienone is 1. The Bertz CT molecular complexity index is 411. The van der Waals surface area contributed by atoms with E-state index in [2.05, 4.69) is 11.9 Å². The lowest BCUT2D eigenvalue weighted by Crippen LogP contribution is -2.27. The van der Waals surface area contributed by atoms with E-state index in [1.807, 2.05) is 13.0 Å². The number of anilines is 1. The third kappa shape index (κ3) is 3.69. The maximum Gasteiger partial charge on any atom is 0.430 e. The summed E-state index contributed by atoms with van der Waals surface area (Å²) >= 11 is 0. The molecule has 0 unspecified atom stereocenters. The van der Waals surface area contributed by atoms with Crippen LogP contribution >= 0.6 is 0 Å². The van der Waals surface area contributed by atoms with Crippen LogP contribution in [0.25, 0.3) is 0 Å². The summed E-state index contributed by atoms with van der Waals surface area (Å²) in [4.78, 5) is 0. The molecule has 0 aliphatic rings. The molecule has 0 aromatic heterocycles. The van der Waals surface area contributed by atoms with Crippen LogP contribution in [0.5, 0.6) is 0 Å². The number of nitrogens with one attached hydrogen (secondary N) is 1. The first-order chi connectivity index (χ1) is 7.82. The molecule has 1 aromatic rings. The monoisotopic (exact) mass is 244 g/mol. The molecule has 0 saturated carbocycles. The second kappa shape index (κ2) is 5.12. The molecule has 1 aromatic carbocycles. The van der Waals surface area contributed by atoms with Crippen molar-refractivity contribution in [2.24, 2.45) is 0 Å². The number of hydrogen-bond acceptors (Lipinski definition) is 2. The fourth-order valence-corrected chi connectivity index (χ4v) is 1.42. The maximum atomic E-state index is 12.1. The number of benzene rings is 1. The Hall–Kier alpha value is -1.65. The van der Waals surface area contributed by atoms with E-state index in [4.69, 9.17) is 5.73 Å². The van der Waals surface area contributed by atoms with Gasteiger partial charge < -0.3 is 11.1 Å². The van der Waals surface area contributed by atoms with E-state index >= 15 is 0 Å². The first-order valence-electron chi connectivity index (χ1n) is 5.16. The van der Waals surface area contributed by atoms with E-state index in [9.17, 15) is 13.2 Å². The van der Waals surface area contributed by atoms with Gasteiger partial charge in [-0.15, -0.1) is 0 Å². The summed E-state index contributed by atoms with van der Waals surface area (Å²) in [6.07, 6.45) is -3.91. The lowest BCUT2D eigenvalue weighted by Gasteiger charge is -2.13. The molecule has 0 spiro atoms. The van der Waals surface area contributed by atoms with Crippen LogP contribution in [-0.2, 0) is 6.42 Å². The highest BCUT2D eigenvalue weighted by atomic mass is 19.4. The minimum absolute atomic E-state index is 0.183. The van der Waals surface area contributed by atoms with Crippen LogP contribution in [0.3, 0.4) is 0 Å². The van der Waals surface area contributed by atoms with E-state index in [-0.39, 0.29) is 6.54 Å². The summed E-state index contributed by atoms with van der Waals surface area (Å²) in [5.41, 5.74) is 7.28. The zero-order chi connectivity index (χ0) is 13.1. The fourth-order valence-electron chi connectivity index (χ4n) is 1.42. The maximum absolute atomic E-state index is 12.1. The van der Waals surface area contributed by atoms with Gasteiger partial charge >= 0.3 is 6.18 Å². The standard InChI is InChI=1S/C12H15F3N2/c1-8-10(4-3-5-11(8)16)6-7-17-9(2)12(13,14)15/h3-5,17H,2,6-7,16H2,1H3. The topological polar surface area (TPSA) is 38.0 Å². The summed E-state index contributed by atoms with van der Waals surface area (Å²) in [5, 5.41) is 2.26. The Morgan fingerprint density at radius 3 is 2.65 bits per heavy atom. The van der Waals surface area contributed by atoms with Crippen LogP contribution in [0.15, 0.2) is 30.5 Å². The van der Waals surface area contributed by atoms with E-state index in [1.54, 1.807) is 12.1 Å². The molecule has 0 bridgehead atoms. The van der Waals surface area contributed by atoms with Crippen molar-refractivity contribution in [3.05, 3.63) is 41.6 Å². The number of halogens is 3. The molecule has 1 rings (SSSR count). The third-order valence-corrected chi connectivity index (χ3v) is 2.56. The van der Waals surface area contributed by atoms with Crippen LogP contribution in [0.2, 0.25) is 0 Å². The molecule has 0 saturated heterocycles. The van der Waals surface area contributed by atoms with Crippen molar-refractivity contribution in [3.63, 3.8) is 0 Å².